The summed E-state index contributed by atoms with van der Waals surface area (Å²) in [6.45, 7) is 4.44. The highest BCUT2D eigenvalue weighted by Crippen LogP contribution is 2.39. The van der Waals surface area contributed by atoms with Gasteiger partial charge >= 0.3 is 0 Å². The molecule has 0 aliphatic heterocycles. The minimum absolute atomic E-state index is 0.226. The average Bonchev–Trinajstić information content (AvgIpc) is 2.32. The van der Waals surface area contributed by atoms with Crippen molar-refractivity contribution in [1.29, 1.82) is 0 Å². The summed E-state index contributed by atoms with van der Waals surface area (Å²) in [6.07, 6.45) is 6.47. The normalized spacial score (nSPS) is 25.3. The first kappa shape index (κ1) is 15.4. The van der Waals surface area contributed by atoms with Gasteiger partial charge in [0.15, 0.2) is 0 Å². The van der Waals surface area contributed by atoms with Crippen LogP contribution in [0.3, 0.4) is 0 Å². The molecular formula is C16H24BrNS. The first-order valence-electron chi connectivity index (χ1n) is 7.25. The number of benzene rings is 1. The molecule has 3 atom stereocenters. The van der Waals surface area contributed by atoms with Gasteiger partial charge in [0.2, 0.25) is 0 Å². The minimum atomic E-state index is 0.226. The van der Waals surface area contributed by atoms with Crippen molar-refractivity contribution in [3.8, 4) is 0 Å². The molecule has 0 spiro atoms. The van der Waals surface area contributed by atoms with E-state index in [0.29, 0.717) is 0 Å². The van der Waals surface area contributed by atoms with Crippen molar-refractivity contribution >= 4 is 27.7 Å². The highest BCUT2D eigenvalue weighted by molar-refractivity contribution is 9.10. The highest BCUT2D eigenvalue weighted by Gasteiger charge is 2.20. The third kappa shape index (κ3) is 4.80. The zero-order valence-corrected chi connectivity index (χ0v) is 14.3. The first-order chi connectivity index (χ1) is 9.04. The van der Waals surface area contributed by atoms with Gasteiger partial charge in [-0.05, 0) is 65.7 Å². The Bertz CT molecular complexity index is 419. The summed E-state index contributed by atoms with van der Waals surface area (Å²) < 4.78 is 1.23. The lowest BCUT2D eigenvalue weighted by Crippen LogP contribution is -2.17. The molecule has 1 aliphatic carbocycles. The van der Waals surface area contributed by atoms with E-state index in [2.05, 4.69) is 48.0 Å². The molecule has 1 nitrogen and oxygen atoms in total. The summed E-state index contributed by atoms with van der Waals surface area (Å²) in [4.78, 5) is 1.38. The molecule has 0 amide bonds. The van der Waals surface area contributed by atoms with Crippen molar-refractivity contribution < 1.29 is 0 Å². The molecule has 19 heavy (non-hydrogen) atoms. The van der Waals surface area contributed by atoms with Crippen LogP contribution in [0.1, 0.15) is 45.1 Å². The van der Waals surface area contributed by atoms with Crippen LogP contribution in [0, 0.1) is 5.92 Å². The van der Waals surface area contributed by atoms with Crippen molar-refractivity contribution in [3.05, 3.63) is 28.2 Å². The van der Waals surface area contributed by atoms with E-state index < -0.39 is 0 Å². The van der Waals surface area contributed by atoms with E-state index in [4.69, 9.17) is 5.73 Å². The summed E-state index contributed by atoms with van der Waals surface area (Å²) in [5, 5.41) is 0.791. The number of rotatable bonds is 4. The number of hydrogen-bond donors (Lipinski definition) is 1. The van der Waals surface area contributed by atoms with Crippen LogP contribution in [-0.2, 0) is 6.42 Å². The van der Waals surface area contributed by atoms with Gasteiger partial charge < -0.3 is 5.73 Å². The molecule has 2 rings (SSSR count). The van der Waals surface area contributed by atoms with Crippen LogP contribution in [0.25, 0.3) is 0 Å². The molecule has 0 radical (unpaired) electrons. The smallest absolute Gasteiger partial charge is 0.0314 e. The zero-order valence-electron chi connectivity index (χ0n) is 11.9. The van der Waals surface area contributed by atoms with Crippen LogP contribution in [0.2, 0.25) is 0 Å². The predicted molar refractivity (Wildman–Crippen MR) is 88.8 cm³/mol. The van der Waals surface area contributed by atoms with Gasteiger partial charge in [-0.2, -0.15) is 0 Å². The Labute approximate surface area is 129 Å². The largest absolute Gasteiger partial charge is 0.328 e. The van der Waals surface area contributed by atoms with E-state index in [1.165, 1.54) is 40.6 Å². The molecule has 3 heteroatoms. The first-order valence-corrected chi connectivity index (χ1v) is 8.92. The molecule has 1 aromatic carbocycles. The van der Waals surface area contributed by atoms with E-state index in [1.54, 1.807) is 0 Å². The summed E-state index contributed by atoms with van der Waals surface area (Å²) in [5.41, 5.74) is 7.18. The van der Waals surface area contributed by atoms with E-state index in [0.717, 1.165) is 17.6 Å². The fourth-order valence-electron chi connectivity index (χ4n) is 2.80. The molecule has 0 heterocycles. The predicted octanol–water partition coefficient (Wildman–Crippen LogP) is 5.01. The molecule has 3 unspecified atom stereocenters. The minimum Gasteiger partial charge on any atom is -0.328 e. The second kappa shape index (κ2) is 7.14. The maximum Gasteiger partial charge on any atom is 0.0314 e. The van der Waals surface area contributed by atoms with E-state index >= 15 is 0 Å². The van der Waals surface area contributed by atoms with Gasteiger partial charge in [0.05, 0.1) is 0 Å². The topological polar surface area (TPSA) is 26.0 Å². The zero-order chi connectivity index (χ0) is 13.8. The van der Waals surface area contributed by atoms with Crippen LogP contribution in [-0.4, -0.2) is 11.3 Å². The molecule has 0 saturated heterocycles. The Hall–Kier alpha value is 0.01000. The molecule has 1 fully saturated rings. The fraction of sp³-hybridized carbons (Fsp3) is 0.625. The third-order valence-corrected chi connectivity index (χ3v) is 6.03. The quantitative estimate of drug-likeness (QED) is 0.832. The number of thioether (sulfide) groups is 1. The molecular weight excluding hydrogens is 318 g/mol. The Morgan fingerprint density at radius 2 is 2.21 bits per heavy atom. The van der Waals surface area contributed by atoms with E-state index in [-0.39, 0.29) is 6.04 Å². The third-order valence-electron chi connectivity index (χ3n) is 3.74. The number of hydrogen-bond acceptors (Lipinski definition) is 2. The van der Waals surface area contributed by atoms with Gasteiger partial charge in [0, 0.05) is 20.7 Å². The molecule has 0 aromatic heterocycles. The monoisotopic (exact) mass is 341 g/mol. The molecule has 106 valence electrons. The molecule has 1 saturated carbocycles. The van der Waals surface area contributed by atoms with Gasteiger partial charge in [0.25, 0.3) is 0 Å². The standard InChI is InChI=1S/C16H24BrNS/c1-11-4-3-5-14(8-11)19-16-7-6-13(9-12(2)18)10-15(16)17/h6-7,10-12,14H,3-5,8-9,18H2,1-2H3. The fourth-order valence-corrected chi connectivity index (χ4v) is 4.90. The van der Waals surface area contributed by atoms with Crippen molar-refractivity contribution in [1.82, 2.24) is 0 Å². The van der Waals surface area contributed by atoms with Gasteiger partial charge in [-0.1, -0.05) is 25.8 Å². The van der Waals surface area contributed by atoms with Crippen molar-refractivity contribution in [3.63, 3.8) is 0 Å². The number of nitrogens with two attached hydrogens (primary N) is 1. The maximum atomic E-state index is 5.86. The van der Waals surface area contributed by atoms with Crippen LogP contribution >= 0.6 is 27.7 Å². The highest BCUT2D eigenvalue weighted by atomic mass is 79.9. The van der Waals surface area contributed by atoms with Crippen molar-refractivity contribution in [2.75, 3.05) is 0 Å². The Morgan fingerprint density at radius 3 is 2.84 bits per heavy atom. The lowest BCUT2D eigenvalue weighted by molar-refractivity contribution is 0.394. The van der Waals surface area contributed by atoms with Crippen LogP contribution < -0.4 is 5.73 Å². The average molecular weight is 342 g/mol. The Morgan fingerprint density at radius 1 is 1.42 bits per heavy atom. The lowest BCUT2D eigenvalue weighted by Gasteiger charge is -2.26. The number of halogens is 1. The Balaban J connectivity index is 2.00. The SMILES string of the molecule is CC(N)Cc1ccc(SC2CCCC(C)C2)c(Br)c1. The van der Waals surface area contributed by atoms with Gasteiger partial charge in [-0.15, -0.1) is 11.8 Å². The summed E-state index contributed by atoms with van der Waals surface area (Å²) in [7, 11) is 0. The second-order valence-electron chi connectivity index (χ2n) is 5.96. The molecule has 2 N–H and O–H groups in total. The molecule has 1 aromatic rings. The molecule has 0 bridgehead atoms. The van der Waals surface area contributed by atoms with E-state index in [1.807, 2.05) is 11.8 Å². The lowest BCUT2D eigenvalue weighted by atomic mass is 9.91. The van der Waals surface area contributed by atoms with Crippen molar-refractivity contribution in [2.45, 2.75) is 62.1 Å². The van der Waals surface area contributed by atoms with Crippen LogP contribution in [0.5, 0.6) is 0 Å². The van der Waals surface area contributed by atoms with Crippen LogP contribution in [0.4, 0.5) is 0 Å². The van der Waals surface area contributed by atoms with Gasteiger partial charge in [-0.3, -0.25) is 0 Å². The van der Waals surface area contributed by atoms with Gasteiger partial charge in [0.1, 0.15) is 0 Å². The maximum absolute atomic E-state index is 5.86. The molecule has 1 aliphatic rings. The second-order valence-corrected chi connectivity index (χ2v) is 8.15. The summed E-state index contributed by atoms with van der Waals surface area (Å²) in [5.74, 6) is 0.891. The van der Waals surface area contributed by atoms with Crippen LogP contribution in [0.15, 0.2) is 27.6 Å². The Kier molecular flexibility index (Phi) is 5.79. The van der Waals surface area contributed by atoms with E-state index in [9.17, 15) is 0 Å². The van der Waals surface area contributed by atoms with Gasteiger partial charge in [-0.25, -0.2) is 0 Å². The summed E-state index contributed by atoms with van der Waals surface area (Å²) >= 11 is 5.76. The summed E-state index contributed by atoms with van der Waals surface area (Å²) in [6, 6.07) is 6.94. The van der Waals surface area contributed by atoms with Crippen molar-refractivity contribution in [2.24, 2.45) is 11.7 Å².